The van der Waals surface area contributed by atoms with Crippen LogP contribution in [0.2, 0.25) is 0 Å². The number of hydrogen-bond acceptors (Lipinski definition) is 5. The molecule has 2 rings (SSSR count). The van der Waals surface area contributed by atoms with Crippen molar-refractivity contribution in [3.63, 3.8) is 0 Å². The topological polar surface area (TPSA) is 64.3 Å². The summed E-state index contributed by atoms with van der Waals surface area (Å²) in [5, 5.41) is 0. The molecule has 0 atom stereocenters. The molecule has 5 nitrogen and oxygen atoms in total. The number of ether oxygens (including phenoxy) is 1. The highest BCUT2D eigenvalue weighted by Crippen LogP contribution is 2.31. The Morgan fingerprint density at radius 2 is 1.83 bits per heavy atom. The average Bonchev–Trinajstić information content (AvgIpc) is 2.39. The fraction of sp³-hybridized carbons (Fsp3) is 0.231. The Morgan fingerprint density at radius 1 is 1.17 bits per heavy atom. The van der Waals surface area contributed by atoms with E-state index in [2.05, 4.69) is 9.97 Å². The molecule has 0 amide bonds. The Kier molecular flexibility index (Phi) is 3.32. The first-order valence-corrected chi connectivity index (χ1v) is 5.58. The summed E-state index contributed by atoms with van der Waals surface area (Å²) in [5.74, 6) is 1.02. The van der Waals surface area contributed by atoms with E-state index in [9.17, 15) is 0 Å². The van der Waals surface area contributed by atoms with Crippen LogP contribution in [-0.4, -0.2) is 24.1 Å². The zero-order valence-electron chi connectivity index (χ0n) is 10.7. The van der Waals surface area contributed by atoms with Gasteiger partial charge in [-0.15, -0.1) is 0 Å². The van der Waals surface area contributed by atoms with E-state index in [1.54, 1.807) is 0 Å². The molecule has 94 valence electrons. The number of nitrogens with two attached hydrogens (primary N) is 1. The SMILES string of the molecule is COc1ncnc(N(C)c2ccc(C)cc2)c1N. The first kappa shape index (κ1) is 12.2. The number of benzene rings is 1. The zero-order chi connectivity index (χ0) is 13.1. The van der Waals surface area contributed by atoms with Crippen LogP contribution in [0.25, 0.3) is 0 Å². The Hall–Kier alpha value is -2.30. The summed E-state index contributed by atoms with van der Waals surface area (Å²) in [4.78, 5) is 10.1. The van der Waals surface area contributed by atoms with Crippen LogP contribution < -0.4 is 15.4 Å². The third-order valence-corrected chi connectivity index (χ3v) is 2.76. The van der Waals surface area contributed by atoms with Crippen molar-refractivity contribution in [3.8, 4) is 5.88 Å². The molecule has 0 saturated carbocycles. The lowest BCUT2D eigenvalue weighted by atomic mass is 10.2. The van der Waals surface area contributed by atoms with Gasteiger partial charge in [0, 0.05) is 12.7 Å². The molecule has 18 heavy (non-hydrogen) atoms. The van der Waals surface area contributed by atoms with Crippen molar-refractivity contribution in [2.24, 2.45) is 0 Å². The number of hydrogen-bond donors (Lipinski definition) is 1. The van der Waals surface area contributed by atoms with E-state index in [1.807, 2.05) is 43.1 Å². The number of aryl methyl sites for hydroxylation is 1. The molecule has 0 aliphatic heterocycles. The van der Waals surface area contributed by atoms with Crippen LogP contribution in [0.1, 0.15) is 5.56 Å². The fourth-order valence-corrected chi connectivity index (χ4v) is 1.69. The van der Waals surface area contributed by atoms with Gasteiger partial charge >= 0.3 is 0 Å². The molecule has 2 aromatic rings. The van der Waals surface area contributed by atoms with Crippen molar-refractivity contribution >= 4 is 17.2 Å². The molecule has 1 aromatic carbocycles. The molecule has 0 bridgehead atoms. The monoisotopic (exact) mass is 244 g/mol. The maximum absolute atomic E-state index is 5.97. The van der Waals surface area contributed by atoms with Crippen LogP contribution in [0.15, 0.2) is 30.6 Å². The van der Waals surface area contributed by atoms with Crippen LogP contribution in [0, 0.1) is 6.92 Å². The lowest BCUT2D eigenvalue weighted by Gasteiger charge is -2.20. The van der Waals surface area contributed by atoms with Gasteiger partial charge in [0.05, 0.1) is 7.11 Å². The summed E-state index contributed by atoms with van der Waals surface area (Å²) < 4.78 is 5.09. The second-order valence-electron chi connectivity index (χ2n) is 4.01. The lowest BCUT2D eigenvalue weighted by Crippen LogP contribution is -2.14. The molecular weight excluding hydrogens is 228 g/mol. The highest BCUT2D eigenvalue weighted by Gasteiger charge is 2.13. The summed E-state index contributed by atoms with van der Waals surface area (Å²) >= 11 is 0. The van der Waals surface area contributed by atoms with Gasteiger partial charge < -0.3 is 15.4 Å². The second kappa shape index (κ2) is 4.91. The van der Waals surface area contributed by atoms with E-state index >= 15 is 0 Å². The average molecular weight is 244 g/mol. The molecular formula is C13H16N4O. The smallest absolute Gasteiger partial charge is 0.242 e. The summed E-state index contributed by atoms with van der Waals surface area (Å²) in [6.07, 6.45) is 1.44. The van der Waals surface area contributed by atoms with Crippen molar-refractivity contribution in [3.05, 3.63) is 36.2 Å². The minimum Gasteiger partial charge on any atom is -0.479 e. The minimum absolute atomic E-state index is 0.388. The Bertz CT molecular complexity index is 539. The fourth-order valence-electron chi connectivity index (χ4n) is 1.69. The van der Waals surface area contributed by atoms with Gasteiger partial charge in [-0.25, -0.2) is 4.98 Å². The van der Waals surface area contributed by atoms with E-state index in [0.29, 0.717) is 17.4 Å². The van der Waals surface area contributed by atoms with Gasteiger partial charge in [-0.05, 0) is 19.1 Å². The third-order valence-electron chi connectivity index (χ3n) is 2.76. The van der Waals surface area contributed by atoms with Crippen LogP contribution in [-0.2, 0) is 0 Å². The summed E-state index contributed by atoms with van der Waals surface area (Å²) in [6.45, 7) is 2.05. The number of nitrogen functional groups attached to an aromatic ring is 1. The Balaban J connectivity index is 2.39. The number of nitrogens with zero attached hydrogens (tertiary/aromatic N) is 3. The summed E-state index contributed by atoms with van der Waals surface area (Å²) in [5.41, 5.74) is 8.62. The number of anilines is 3. The van der Waals surface area contributed by atoms with Crippen LogP contribution in [0.5, 0.6) is 5.88 Å². The van der Waals surface area contributed by atoms with Crippen LogP contribution in [0.3, 0.4) is 0 Å². The molecule has 2 N–H and O–H groups in total. The van der Waals surface area contributed by atoms with Gasteiger partial charge in [0.2, 0.25) is 5.88 Å². The maximum Gasteiger partial charge on any atom is 0.242 e. The summed E-state index contributed by atoms with van der Waals surface area (Å²) in [7, 11) is 3.44. The number of methoxy groups -OCH3 is 1. The quantitative estimate of drug-likeness (QED) is 0.896. The Labute approximate surface area is 106 Å². The van der Waals surface area contributed by atoms with E-state index in [1.165, 1.54) is 19.0 Å². The highest BCUT2D eigenvalue weighted by molar-refractivity contribution is 5.73. The highest BCUT2D eigenvalue weighted by atomic mass is 16.5. The molecule has 0 aliphatic carbocycles. The molecule has 0 saturated heterocycles. The van der Waals surface area contributed by atoms with E-state index in [0.717, 1.165) is 5.69 Å². The standard InChI is InChI=1S/C13H16N4O/c1-9-4-6-10(7-5-9)17(2)12-11(14)13(18-3)16-8-15-12/h4-8H,14H2,1-3H3. The molecule has 0 spiro atoms. The lowest BCUT2D eigenvalue weighted by molar-refractivity contribution is 0.399. The predicted molar refractivity (Wildman–Crippen MR) is 72.2 cm³/mol. The van der Waals surface area contributed by atoms with E-state index in [-0.39, 0.29) is 0 Å². The first-order chi connectivity index (χ1) is 8.63. The number of rotatable bonds is 3. The molecule has 5 heteroatoms. The molecule has 0 unspecified atom stereocenters. The minimum atomic E-state index is 0.388. The Morgan fingerprint density at radius 3 is 2.44 bits per heavy atom. The zero-order valence-corrected chi connectivity index (χ0v) is 10.7. The third kappa shape index (κ3) is 2.20. The predicted octanol–water partition coefficient (Wildman–Crippen LogP) is 2.14. The number of aromatic nitrogens is 2. The summed E-state index contributed by atoms with van der Waals surface area (Å²) in [6, 6.07) is 8.12. The normalized spacial score (nSPS) is 10.2. The van der Waals surface area contributed by atoms with Crippen molar-refractivity contribution in [2.75, 3.05) is 24.8 Å². The van der Waals surface area contributed by atoms with Gasteiger partial charge in [-0.3, -0.25) is 0 Å². The van der Waals surface area contributed by atoms with Gasteiger partial charge in [0.1, 0.15) is 12.0 Å². The van der Waals surface area contributed by atoms with Crippen LogP contribution >= 0.6 is 0 Å². The van der Waals surface area contributed by atoms with Crippen LogP contribution in [0.4, 0.5) is 17.2 Å². The maximum atomic E-state index is 5.97. The largest absolute Gasteiger partial charge is 0.479 e. The van der Waals surface area contributed by atoms with Crippen molar-refractivity contribution in [1.82, 2.24) is 9.97 Å². The molecule has 1 heterocycles. The first-order valence-electron chi connectivity index (χ1n) is 5.58. The molecule has 0 radical (unpaired) electrons. The van der Waals surface area contributed by atoms with Gasteiger partial charge in [-0.1, -0.05) is 17.7 Å². The van der Waals surface area contributed by atoms with Gasteiger partial charge in [-0.2, -0.15) is 4.98 Å². The molecule has 0 aliphatic rings. The second-order valence-corrected chi connectivity index (χ2v) is 4.01. The van der Waals surface area contributed by atoms with Crippen molar-refractivity contribution in [1.29, 1.82) is 0 Å². The van der Waals surface area contributed by atoms with E-state index in [4.69, 9.17) is 10.5 Å². The van der Waals surface area contributed by atoms with Crippen molar-refractivity contribution < 1.29 is 4.74 Å². The molecule has 0 fully saturated rings. The van der Waals surface area contributed by atoms with Gasteiger partial charge in [0.25, 0.3) is 0 Å². The van der Waals surface area contributed by atoms with Gasteiger partial charge in [0.15, 0.2) is 5.82 Å². The van der Waals surface area contributed by atoms with Crippen molar-refractivity contribution in [2.45, 2.75) is 6.92 Å². The molecule has 1 aromatic heterocycles. The van der Waals surface area contributed by atoms with E-state index < -0.39 is 0 Å².